The van der Waals surface area contributed by atoms with Crippen molar-refractivity contribution in [3.05, 3.63) is 65.9 Å². The molecule has 1 heterocycles. The molecule has 0 unspecified atom stereocenters. The minimum Gasteiger partial charge on any atom is -0.481 e. The molecular weight excluding hydrogens is 522 g/mol. The molecule has 14 heteroatoms. The number of hydrogen-bond donors (Lipinski definition) is 8. The van der Waals surface area contributed by atoms with Crippen molar-refractivity contribution in [3.8, 4) is 0 Å². The standard InChI is InChI=1S/C26H29N7O7/c27-26(28)31-16-7-5-14(6-8-16)23(37)29-10-9-21(34)32-19(12-22(35)36)24(38)33-20(25(39)40)11-15-13-30-18-4-2-1-3-17(15)18/h1-8,13,19-20,30H,9-12H2,(H,29,37)(H,32,34)(H,33,38)(H,35,36)(H,39,40)(H4,27,28,31)/t19-,20+/m0/s1. The van der Waals surface area contributed by atoms with Gasteiger partial charge in [-0.2, -0.15) is 0 Å². The van der Waals surface area contributed by atoms with Crippen LogP contribution in [0.4, 0.5) is 5.69 Å². The summed E-state index contributed by atoms with van der Waals surface area (Å²) in [7, 11) is 0. The van der Waals surface area contributed by atoms with Crippen molar-refractivity contribution in [2.75, 3.05) is 6.54 Å². The summed E-state index contributed by atoms with van der Waals surface area (Å²) in [6, 6.07) is 10.3. The molecule has 0 radical (unpaired) electrons. The number of nitrogens with one attached hydrogen (secondary N) is 4. The molecule has 0 aliphatic heterocycles. The highest BCUT2D eigenvalue weighted by Gasteiger charge is 2.29. The highest BCUT2D eigenvalue weighted by molar-refractivity contribution is 5.95. The molecule has 0 bridgehead atoms. The van der Waals surface area contributed by atoms with Gasteiger partial charge < -0.3 is 42.6 Å². The largest absolute Gasteiger partial charge is 0.481 e. The number of fused-ring (bicyclic) bond motifs is 1. The van der Waals surface area contributed by atoms with E-state index in [1.165, 1.54) is 24.3 Å². The van der Waals surface area contributed by atoms with E-state index in [4.69, 9.17) is 11.5 Å². The first-order valence-corrected chi connectivity index (χ1v) is 12.1. The van der Waals surface area contributed by atoms with Gasteiger partial charge in [0.05, 0.1) is 12.1 Å². The van der Waals surface area contributed by atoms with Crippen LogP contribution in [-0.4, -0.2) is 69.4 Å². The zero-order valence-corrected chi connectivity index (χ0v) is 21.2. The van der Waals surface area contributed by atoms with E-state index >= 15 is 0 Å². The van der Waals surface area contributed by atoms with Crippen molar-refractivity contribution in [2.24, 2.45) is 16.5 Å². The Morgan fingerprint density at radius 1 is 0.925 bits per heavy atom. The average Bonchev–Trinajstić information content (AvgIpc) is 3.30. The van der Waals surface area contributed by atoms with Gasteiger partial charge in [-0.25, -0.2) is 9.79 Å². The molecule has 1 aromatic heterocycles. The van der Waals surface area contributed by atoms with Gasteiger partial charge in [-0.3, -0.25) is 19.2 Å². The number of hydrogen-bond acceptors (Lipinski definition) is 6. The lowest BCUT2D eigenvalue weighted by molar-refractivity contribution is -0.143. The SMILES string of the molecule is NC(N)=Nc1ccc(C(=O)NCCC(=O)N[C@@H](CC(=O)O)C(=O)N[C@H](Cc2c[nH]c3ccccc23)C(=O)O)cc1. The Balaban J connectivity index is 1.56. The predicted octanol–water partition coefficient (Wildman–Crippen LogP) is -0.0357. The minimum absolute atomic E-state index is 0.0716. The number of H-pyrrole nitrogens is 1. The number of carboxylic acids is 2. The molecule has 0 fully saturated rings. The second kappa shape index (κ2) is 13.4. The van der Waals surface area contributed by atoms with Gasteiger partial charge in [-0.1, -0.05) is 18.2 Å². The fraction of sp³-hybridized carbons (Fsp3) is 0.231. The Hall–Kier alpha value is -5.40. The summed E-state index contributed by atoms with van der Waals surface area (Å²) in [5, 5.41) is 26.8. The molecule has 0 aliphatic carbocycles. The monoisotopic (exact) mass is 551 g/mol. The molecule has 2 atom stereocenters. The van der Waals surface area contributed by atoms with Gasteiger partial charge in [0.1, 0.15) is 12.1 Å². The van der Waals surface area contributed by atoms with Crippen LogP contribution in [0, 0.1) is 0 Å². The number of para-hydroxylation sites is 1. The summed E-state index contributed by atoms with van der Waals surface area (Å²) in [5.41, 5.74) is 12.8. The van der Waals surface area contributed by atoms with Crippen LogP contribution in [0.3, 0.4) is 0 Å². The number of aliphatic carboxylic acids is 2. The smallest absolute Gasteiger partial charge is 0.326 e. The molecule has 3 amide bonds. The Bertz CT molecular complexity index is 1430. The topological polar surface area (TPSA) is 242 Å². The highest BCUT2D eigenvalue weighted by Crippen LogP contribution is 2.19. The van der Waals surface area contributed by atoms with Crippen LogP contribution >= 0.6 is 0 Å². The normalized spacial score (nSPS) is 12.1. The van der Waals surface area contributed by atoms with Crippen molar-refractivity contribution in [1.82, 2.24) is 20.9 Å². The lowest BCUT2D eigenvalue weighted by Crippen LogP contribution is -2.53. The fourth-order valence-corrected chi connectivity index (χ4v) is 3.87. The number of carbonyl (C=O) groups is 5. The summed E-state index contributed by atoms with van der Waals surface area (Å²) >= 11 is 0. The van der Waals surface area contributed by atoms with Crippen LogP contribution in [0.5, 0.6) is 0 Å². The molecule has 40 heavy (non-hydrogen) atoms. The molecule has 14 nitrogen and oxygen atoms in total. The lowest BCUT2D eigenvalue weighted by atomic mass is 10.0. The van der Waals surface area contributed by atoms with E-state index in [1.54, 1.807) is 18.3 Å². The zero-order chi connectivity index (χ0) is 29.2. The molecule has 0 saturated carbocycles. The van der Waals surface area contributed by atoms with Crippen molar-refractivity contribution in [1.29, 1.82) is 0 Å². The van der Waals surface area contributed by atoms with Gasteiger partial charge in [0, 0.05) is 42.0 Å². The molecule has 3 aromatic rings. The van der Waals surface area contributed by atoms with E-state index in [1.807, 2.05) is 12.1 Å². The van der Waals surface area contributed by atoms with Crippen LogP contribution in [-0.2, 0) is 25.6 Å². The number of aliphatic imine (C=N–C) groups is 1. The first-order valence-electron chi connectivity index (χ1n) is 12.1. The summed E-state index contributed by atoms with van der Waals surface area (Å²) in [4.78, 5) is 67.6. The summed E-state index contributed by atoms with van der Waals surface area (Å²) < 4.78 is 0. The third kappa shape index (κ3) is 8.31. The van der Waals surface area contributed by atoms with Crippen LogP contribution in [0.1, 0.15) is 28.8 Å². The lowest BCUT2D eigenvalue weighted by Gasteiger charge is -2.20. The second-order valence-electron chi connectivity index (χ2n) is 8.77. The average molecular weight is 552 g/mol. The van der Waals surface area contributed by atoms with Gasteiger partial charge in [-0.05, 0) is 35.9 Å². The Labute approximate surface area is 227 Å². The number of rotatable bonds is 13. The number of aromatic amines is 1. The number of nitrogens with zero attached hydrogens (tertiary/aromatic N) is 1. The zero-order valence-electron chi connectivity index (χ0n) is 21.2. The third-order valence-corrected chi connectivity index (χ3v) is 5.77. The summed E-state index contributed by atoms with van der Waals surface area (Å²) in [6.07, 6.45) is 0.526. The number of carboxylic acid groups (broad SMARTS) is 2. The van der Waals surface area contributed by atoms with E-state index in [2.05, 4.69) is 25.9 Å². The molecular formula is C26H29N7O7. The first kappa shape index (κ1) is 29.2. The number of carbonyl (C=O) groups excluding carboxylic acids is 3. The van der Waals surface area contributed by atoms with Gasteiger partial charge in [0.15, 0.2) is 5.96 Å². The molecule has 2 aromatic carbocycles. The number of aromatic nitrogens is 1. The molecule has 10 N–H and O–H groups in total. The van der Waals surface area contributed by atoms with Crippen molar-refractivity contribution in [2.45, 2.75) is 31.3 Å². The van der Waals surface area contributed by atoms with Crippen molar-refractivity contribution in [3.63, 3.8) is 0 Å². The minimum atomic E-state index is -1.53. The van der Waals surface area contributed by atoms with Gasteiger partial charge in [0.2, 0.25) is 11.8 Å². The Morgan fingerprint density at radius 3 is 2.27 bits per heavy atom. The van der Waals surface area contributed by atoms with Crippen molar-refractivity contribution < 1.29 is 34.2 Å². The number of benzene rings is 2. The van der Waals surface area contributed by atoms with Gasteiger partial charge in [0.25, 0.3) is 5.91 Å². The van der Waals surface area contributed by atoms with Crippen molar-refractivity contribution >= 4 is 52.2 Å². The Kier molecular flexibility index (Phi) is 9.78. The molecule has 0 aliphatic rings. The fourth-order valence-electron chi connectivity index (χ4n) is 3.87. The van der Waals surface area contributed by atoms with Crippen LogP contribution in [0.15, 0.2) is 59.7 Å². The van der Waals surface area contributed by atoms with Crippen LogP contribution in [0.25, 0.3) is 10.9 Å². The number of nitrogens with two attached hydrogens (primary N) is 2. The van der Waals surface area contributed by atoms with Crippen LogP contribution < -0.4 is 27.4 Å². The van der Waals surface area contributed by atoms with E-state index in [-0.39, 0.29) is 30.9 Å². The van der Waals surface area contributed by atoms with E-state index in [0.717, 1.165) is 10.9 Å². The molecule has 210 valence electrons. The molecule has 3 rings (SSSR count). The first-order chi connectivity index (χ1) is 19.0. The van der Waals surface area contributed by atoms with E-state index < -0.39 is 48.2 Å². The molecule has 0 saturated heterocycles. The van der Waals surface area contributed by atoms with Gasteiger partial charge >= 0.3 is 11.9 Å². The van der Waals surface area contributed by atoms with Crippen LogP contribution in [0.2, 0.25) is 0 Å². The maximum atomic E-state index is 12.8. The summed E-state index contributed by atoms with van der Waals surface area (Å²) in [5.74, 6) is -4.99. The number of guanidine groups is 1. The maximum Gasteiger partial charge on any atom is 0.326 e. The highest BCUT2D eigenvalue weighted by atomic mass is 16.4. The predicted molar refractivity (Wildman–Crippen MR) is 145 cm³/mol. The van der Waals surface area contributed by atoms with E-state index in [0.29, 0.717) is 11.3 Å². The Morgan fingerprint density at radius 2 is 1.62 bits per heavy atom. The van der Waals surface area contributed by atoms with E-state index in [9.17, 15) is 34.2 Å². The van der Waals surface area contributed by atoms with Gasteiger partial charge in [-0.15, -0.1) is 0 Å². The maximum absolute atomic E-state index is 12.8. The summed E-state index contributed by atoms with van der Waals surface area (Å²) in [6.45, 7) is -0.111. The quantitative estimate of drug-likeness (QED) is 0.105. The molecule has 0 spiro atoms. The second-order valence-corrected chi connectivity index (χ2v) is 8.77. The number of amides is 3. The third-order valence-electron chi connectivity index (χ3n) is 5.77.